The van der Waals surface area contributed by atoms with Gasteiger partial charge in [-0.1, -0.05) is 37.8 Å². The zero-order valence-electron chi connectivity index (χ0n) is 17.9. The first kappa shape index (κ1) is 20.2. The van der Waals surface area contributed by atoms with E-state index in [1.54, 1.807) is 4.90 Å². The number of ether oxygens (including phenoxy) is 2. The molecule has 2 atom stereocenters. The van der Waals surface area contributed by atoms with Gasteiger partial charge in [0.25, 0.3) is 0 Å². The summed E-state index contributed by atoms with van der Waals surface area (Å²) in [5, 5.41) is 4.04. The van der Waals surface area contributed by atoms with Gasteiger partial charge < -0.3 is 24.7 Å². The Bertz CT molecular complexity index is 1220. The van der Waals surface area contributed by atoms with Crippen molar-refractivity contribution >= 4 is 22.7 Å². The minimum Gasteiger partial charge on any atom is -0.454 e. The fourth-order valence-corrected chi connectivity index (χ4v) is 4.67. The van der Waals surface area contributed by atoms with Crippen LogP contribution in [0.2, 0.25) is 0 Å². The van der Waals surface area contributed by atoms with E-state index >= 15 is 0 Å². The fourth-order valence-electron chi connectivity index (χ4n) is 4.67. The molecule has 3 heterocycles. The molecular formula is C25H25N3O4. The zero-order valence-corrected chi connectivity index (χ0v) is 17.9. The lowest BCUT2D eigenvalue weighted by molar-refractivity contribution is -0.139. The van der Waals surface area contributed by atoms with Gasteiger partial charge in [-0.15, -0.1) is 0 Å². The van der Waals surface area contributed by atoms with Gasteiger partial charge in [-0.2, -0.15) is 0 Å². The average Bonchev–Trinajstić information content (AvgIpc) is 3.44. The third-order valence-electron chi connectivity index (χ3n) is 6.12. The first-order chi connectivity index (χ1) is 15.6. The van der Waals surface area contributed by atoms with Crippen LogP contribution in [0.15, 0.2) is 55.1 Å². The number of para-hydroxylation sites is 1. The van der Waals surface area contributed by atoms with Crippen LogP contribution in [-0.4, -0.2) is 41.1 Å². The molecule has 5 rings (SSSR count). The number of carbonyl (C=O) groups is 2. The minimum absolute atomic E-state index is 0.163. The molecule has 7 nitrogen and oxygen atoms in total. The Kier molecular flexibility index (Phi) is 5.09. The summed E-state index contributed by atoms with van der Waals surface area (Å²) in [5.41, 5.74) is 3.77. The van der Waals surface area contributed by atoms with Crippen molar-refractivity contribution in [3.05, 3.63) is 71.9 Å². The van der Waals surface area contributed by atoms with Crippen molar-refractivity contribution in [1.29, 1.82) is 0 Å². The fraction of sp³-hybridized carbons (Fsp3) is 0.280. The number of carbonyl (C=O) groups excluding carboxylic acids is 2. The maximum Gasteiger partial charge on any atom is 0.247 e. The summed E-state index contributed by atoms with van der Waals surface area (Å²) < 4.78 is 11.1. The largest absolute Gasteiger partial charge is 0.454 e. The van der Waals surface area contributed by atoms with Crippen LogP contribution in [0.25, 0.3) is 10.9 Å². The Morgan fingerprint density at radius 2 is 2.03 bits per heavy atom. The molecular weight excluding hydrogens is 406 g/mol. The number of aromatic amines is 1. The number of nitrogens with zero attached hydrogens (tertiary/aromatic N) is 1. The average molecular weight is 431 g/mol. The highest BCUT2D eigenvalue weighted by molar-refractivity contribution is 5.95. The number of hydrogen-bond acceptors (Lipinski definition) is 4. The van der Waals surface area contributed by atoms with Gasteiger partial charge in [-0.05, 0) is 41.8 Å². The van der Waals surface area contributed by atoms with Crippen LogP contribution in [0.4, 0.5) is 0 Å². The van der Waals surface area contributed by atoms with Crippen LogP contribution in [0.5, 0.6) is 11.5 Å². The van der Waals surface area contributed by atoms with E-state index in [4.69, 9.17) is 9.47 Å². The second-order valence-corrected chi connectivity index (χ2v) is 8.04. The molecule has 0 bridgehead atoms. The van der Waals surface area contributed by atoms with Crippen LogP contribution in [0, 0.1) is 0 Å². The number of aromatic nitrogens is 1. The number of hydrogen-bond donors (Lipinski definition) is 2. The number of nitrogens with one attached hydrogen (secondary N) is 2. The Labute approximate surface area is 186 Å². The molecule has 0 aliphatic carbocycles. The molecule has 164 valence electrons. The Morgan fingerprint density at radius 3 is 2.84 bits per heavy atom. The summed E-state index contributed by atoms with van der Waals surface area (Å²) >= 11 is 0. The monoisotopic (exact) mass is 431 g/mol. The van der Waals surface area contributed by atoms with Gasteiger partial charge in [0.15, 0.2) is 11.5 Å². The summed E-state index contributed by atoms with van der Waals surface area (Å²) in [5.74, 6) is 0.835. The molecule has 32 heavy (non-hydrogen) atoms. The summed E-state index contributed by atoms with van der Waals surface area (Å²) in [6, 6.07) is 12.5. The van der Waals surface area contributed by atoms with Crippen molar-refractivity contribution in [2.24, 2.45) is 0 Å². The molecule has 2 amide bonds. The van der Waals surface area contributed by atoms with Crippen LogP contribution < -0.4 is 14.8 Å². The predicted molar refractivity (Wildman–Crippen MR) is 121 cm³/mol. The lowest BCUT2D eigenvalue weighted by atomic mass is 9.87. The Balaban J connectivity index is 1.70. The molecule has 0 saturated carbocycles. The molecule has 2 N–H and O–H groups in total. The van der Waals surface area contributed by atoms with Crippen LogP contribution in [0.3, 0.4) is 0 Å². The van der Waals surface area contributed by atoms with Gasteiger partial charge in [0, 0.05) is 29.6 Å². The van der Waals surface area contributed by atoms with E-state index in [1.807, 2.05) is 49.4 Å². The van der Waals surface area contributed by atoms with Crippen molar-refractivity contribution in [1.82, 2.24) is 15.2 Å². The van der Waals surface area contributed by atoms with Crippen LogP contribution >= 0.6 is 0 Å². The van der Waals surface area contributed by atoms with Crippen molar-refractivity contribution < 1.29 is 19.1 Å². The highest BCUT2D eigenvalue weighted by atomic mass is 16.7. The van der Waals surface area contributed by atoms with Gasteiger partial charge in [-0.3, -0.25) is 9.59 Å². The summed E-state index contributed by atoms with van der Waals surface area (Å²) in [4.78, 5) is 31.5. The summed E-state index contributed by atoms with van der Waals surface area (Å²) in [6.45, 7) is 6.42. The summed E-state index contributed by atoms with van der Waals surface area (Å²) in [6.07, 6.45) is 2.51. The normalized spacial score (nSPS) is 19.0. The first-order valence-corrected chi connectivity index (χ1v) is 10.8. The SMILES string of the molecule is C=CC(=O)N1[C@H](c2ccc3c(c2)OCO3)c2[nH]c3ccccc3c2C[C@@H]1C(=O)NCCC. The number of amides is 2. The highest BCUT2D eigenvalue weighted by Crippen LogP contribution is 2.43. The molecule has 0 fully saturated rings. The molecule has 7 heteroatoms. The Morgan fingerprint density at radius 1 is 1.22 bits per heavy atom. The highest BCUT2D eigenvalue weighted by Gasteiger charge is 2.43. The zero-order chi connectivity index (χ0) is 22.2. The van der Waals surface area contributed by atoms with Gasteiger partial charge >= 0.3 is 0 Å². The maximum atomic E-state index is 13.2. The topological polar surface area (TPSA) is 83.7 Å². The Hall–Kier alpha value is -3.74. The van der Waals surface area contributed by atoms with E-state index < -0.39 is 12.1 Å². The lowest BCUT2D eigenvalue weighted by Crippen LogP contribution is -2.54. The van der Waals surface area contributed by atoms with E-state index in [-0.39, 0.29) is 18.6 Å². The second-order valence-electron chi connectivity index (χ2n) is 8.04. The molecule has 0 spiro atoms. The molecule has 0 unspecified atom stereocenters. The third kappa shape index (κ3) is 3.21. The number of rotatable bonds is 5. The molecule has 2 aliphatic rings. The van der Waals surface area contributed by atoms with Crippen molar-refractivity contribution in [3.63, 3.8) is 0 Å². The number of fused-ring (bicyclic) bond motifs is 4. The molecule has 0 radical (unpaired) electrons. The van der Waals surface area contributed by atoms with Crippen LogP contribution in [0.1, 0.15) is 36.2 Å². The van der Waals surface area contributed by atoms with Gasteiger partial charge in [0.2, 0.25) is 18.6 Å². The van der Waals surface area contributed by atoms with E-state index in [0.717, 1.165) is 34.1 Å². The van der Waals surface area contributed by atoms with Crippen molar-refractivity contribution in [2.75, 3.05) is 13.3 Å². The third-order valence-corrected chi connectivity index (χ3v) is 6.12. The molecule has 2 aliphatic heterocycles. The van der Waals surface area contributed by atoms with Crippen molar-refractivity contribution in [3.8, 4) is 11.5 Å². The van der Waals surface area contributed by atoms with E-state index in [2.05, 4.69) is 16.9 Å². The molecule has 3 aromatic rings. The van der Waals surface area contributed by atoms with Gasteiger partial charge in [0.05, 0.1) is 6.04 Å². The number of benzene rings is 2. The quantitative estimate of drug-likeness (QED) is 0.606. The van der Waals surface area contributed by atoms with Gasteiger partial charge in [0.1, 0.15) is 6.04 Å². The summed E-state index contributed by atoms with van der Waals surface area (Å²) in [7, 11) is 0. The molecule has 0 saturated heterocycles. The van der Waals surface area contributed by atoms with E-state index in [0.29, 0.717) is 24.5 Å². The maximum absolute atomic E-state index is 13.2. The first-order valence-electron chi connectivity index (χ1n) is 10.8. The minimum atomic E-state index is -0.658. The second kappa shape index (κ2) is 8.07. The standard InChI is InChI=1S/C25H25N3O4/c1-3-11-26-25(30)19-13-17-16-7-5-6-8-18(16)27-23(17)24(28(19)22(29)4-2)15-9-10-20-21(12-15)32-14-31-20/h4-10,12,19,24,27H,2-3,11,13-14H2,1H3,(H,26,30)/t19-,24-/m1/s1. The molecule has 1 aromatic heterocycles. The van der Waals surface area contributed by atoms with Crippen molar-refractivity contribution in [2.45, 2.75) is 31.8 Å². The number of H-pyrrole nitrogens is 1. The van der Waals surface area contributed by atoms with Gasteiger partial charge in [-0.25, -0.2) is 0 Å². The predicted octanol–water partition coefficient (Wildman–Crippen LogP) is 3.45. The van der Waals surface area contributed by atoms with E-state index in [1.165, 1.54) is 6.08 Å². The smallest absolute Gasteiger partial charge is 0.247 e. The van der Waals surface area contributed by atoms with Crippen LogP contribution in [-0.2, 0) is 16.0 Å². The van der Waals surface area contributed by atoms with E-state index in [9.17, 15) is 9.59 Å². The lowest BCUT2D eigenvalue weighted by Gasteiger charge is -2.41. The molecule has 2 aromatic carbocycles.